The summed E-state index contributed by atoms with van der Waals surface area (Å²) in [6.07, 6.45) is 1.24. The van der Waals surface area contributed by atoms with E-state index >= 15 is 0 Å². The monoisotopic (exact) mass is 405 g/mol. The van der Waals surface area contributed by atoms with Gasteiger partial charge in [-0.2, -0.15) is 0 Å². The second-order valence-corrected chi connectivity index (χ2v) is 6.88. The molecule has 0 aliphatic carbocycles. The minimum absolute atomic E-state index is 0.0183. The number of ether oxygens (including phenoxy) is 1. The number of amides is 3. The molecule has 0 saturated carbocycles. The highest BCUT2D eigenvalue weighted by molar-refractivity contribution is 6.01. The van der Waals surface area contributed by atoms with Crippen LogP contribution in [0.25, 0.3) is 0 Å². The van der Waals surface area contributed by atoms with Crippen molar-refractivity contribution >= 4 is 23.9 Å². The van der Waals surface area contributed by atoms with Crippen LogP contribution in [0.1, 0.15) is 44.6 Å². The van der Waals surface area contributed by atoms with Gasteiger partial charge in [0.25, 0.3) is 11.8 Å². The predicted molar refractivity (Wildman–Crippen MR) is 103 cm³/mol. The molecular weight excluding hydrogens is 378 g/mol. The van der Waals surface area contributed by atoms with Crippen molar-refractivity contribution in [2.75, 3.05) is 6.54 Å². The molecule has 1 saturated heterocycles. The first-order chi connectivity index (χ1) is 13.9. The van der Waals surface area contributed by atoms with Crippen LogP contribution in [0, 0.1) is 5.92 Å². The molecule has 0 radical (unpaired) electrons. The first kappa shape index (κ1) is 22.4. The number of alkyl carbamates (subject to hydrolysis) is 1. The van der Waals surface area contributed by atoms with Gasteiger partial charge in [0.2, 0.25) is 0 Å². The van der Waals surface area contributed by atoms with Gasteiger partial charge in [0.1, 0.15) is 6.61 Å². The summed E-state index contributed by atoms with van der Waals surface area (Å²) in [7, 11) is 0. The molecule has 9 heteroatoms. The number of nitrogens with two attached hydrogens (primary N) is 1. The second kappa shape index (κ2) is 11.2. The Morgan fingerprint density at radius 3 is 2.41 bits per heavy atom. The number of rotatable bonds is 10. The number of hydrogen-bond acceptors (Lipinski definition) is 7. The summed E-state index contributed by atoms with van der Waals surface area (Å²) in [6.45, 7) is 2.15. The third-order valence-corrected chi connectivity index (χ3v) is 4.65. The molecule has 9 nitrogen and oxygen atoms in total. The summed E-state index contributed by atoms with van der Waals surface area (Å²) >= 11 is 0. The Bertz CT molecular complexity index is 708. The topological polar surface area (TPSA) is 128 Å². The highest BCUT2D eigenvalue weighted by Crippen LogP contribution is 2.18. The van der Waals surface area contributed by atoms with Crippen molar-refractivity contribution in [2.24, 2.45) is 11.7 Å². The van der Waals surface area contributed by atoms with Crippen molar-refractivity contribution in [1.29, 1.82) is 0 Å². The molecule has 1 heterocycles. The molecule has 2 rings (SSSR count). The van der Waals surface area contributed by atoms with Crippen LogP contribution in [-0.4, -0.2) is 41.5 Å². The minimum Gasteiger partial charge on any atom is -0.445 e. The largest absolute Gasteiger partial charge is 0.445 e. The summed E-state index contributed by atoms with van der Waals surface area (Å²) in [5, 5.41) is 3.19. The molecule has 1 aromatic rings. The van der Waals surface area contributed by atoms with Crippen LogP contribution < -0.4 is 11.1 Å². The number of unbranched alkanes of at least 4 members (excludes halogenated alkanes) is 1. The third-order valence-electron chi connectivity index (χ3n) is 4.65. The summed E-state index contributed by atoms with van der Waals surface area (Å²) < 4.78 is 5.22. The van der Waals surface area contributed by atoms with E-state index in [1.54, 1.807) is 6.92 Å². The molecule has 1 unspecified atom stereocenters. The highest BCUT2D eigenvalue weighted by Gasteiger charge is 2.36. The third kappa shape index (κ3) is 6.86. The fraction of sp³-hybridized carbons (Fsp3) is 0.500. The molecule has 1 aromatic carbocycles. The zero-order valence-electron chi connectivity index (χ0n) is 16.5. The summed E-state index contributed by atoms with van der Waals surface area (Å²) in [5.74, 6) is -2.66. The Morgan fingerprint density at radius 1 is 1.14 bits per heavy atom. The molecule has 1 aliphatic rings. The van der Waals surface area contributed by atoms with Gasteiger partial charge >= 0.3 is 12.1 Å². The van der Waals surface area contributed by atoms with Gasteiger partial charge < -0.3 is 20.6 Å². The van der Waals surface area contributed by atoms with Gasteiger partial charge in [0.05, 0.1) is 5.92 Å². The van der Waals surface area contributed by atoms with E-state index in [2.05, 4.69) is 5.32 Å². The van der Waals surface area contributed by atoms with Gasteiger partial charge in [0.15, 0.2) is 0 Å². The van der Waals surface area contributed by atoms with Gasteiger partial charge in [-0.3, -0.25) is 9.59 Å². The van der Waals surface area contributed by atoms with E-state index in [1.165, 1.54) is 0 Å². The molecule has 3 N–H and O–H groups in total. The van der Waals surface area contributed by atoms with E-state index in [4.69, 9.17) is 15.3 Å². The zero-order chi connectivity index (χ0) is 21.2. The Balaban J connectivity index is 1.93. The Morgan fingerprint density at radius 2 is 1.79 bits per heavy atom. The average Bonchev–Trinajstić information content (AvgIpc) is 3.04. The van der Waals surface area contributed by atoms with Crippen LogP contribution in [0.2, 0.25) is 0 Å². The smallest absolute Gasteiger partial charge is 0.407 e. The number of nitrogens with one attached hydrogen (secondary N) is 1. The van der Waals surface area contributed by atoms with Crippen LogP contribution in [-0.2, 0) is 30.6 Å². The Kier molecular flexibility index (Phi) is 8.60. The van der Waals surface area contributed by atoms with Crippen LogP contribution in [0.5, 0.6) is 0 Å². The van der Waals surface area contributed by atoms with E-state index in [1.807, 2.05) is 30.3 Å². The van der Waals surface area contributed by atoms with Gasteiger partial charge in [-0.05, 0) is 31.9 Å². The molecule has 29 heavy (non-hydrogen) atoms. The van der Waals surface area contributed by atoms with Gasteiger partial charge in [-0.25, -0.2) is 9.59 Å². The molecular formula is C20H27N3O6. The molecule has 2 atom stereocenters. The molecule has 0 spiro atoms. The summed E-state index contributed by atoms with van der Waals surface area (Å²) in [6, 6.07) is 8.60. The quantitative estimate of drug-likeness (QED) is 0.447. The second-order valence-electron chi connectivity index (χ2n) is 6.88. The Labute approximate surface area is 169 Å². The number of hydrogen-bond donors (Lipinski definition) is 2. The maximum Gasteiger partial charge on any atom is 0.407 e. The van der Waals surface area contributed by atoms with Crippen molar-refractivity contribution in [3.05, 3.63) is 35.9 Å². The first-order valence-electron chi connectivity index (χ1n) is 9.67. The minimum atomic E-state index is -0.793. The number of imide groups is 1. The van der Waals surface area contributed by atoms with E-state index in [-0.39, 0.29) is 19.4 Å². The zero-order valence-corrected chi connectivity index (χ0v) is 16.5. The molecule has 1 fully saturated rings. The lowest BCUT2D eigenvalue weighted by atomic mass is 9.97. The normalized spacial score (nSPS) is 15.7. The number of nitrogens with zero attached hydrogens (tertiary/aromatic N) is 1. The molecule has 3 amide bonds. The van der Waals surface area contributed by atoms with Gasteiger partial charge in [-0.1, -0.05) is 36.8 Å². The van der Waals surface area contributed by atoms with Crippen LogP contribution in [0.3, 0.4) is 0 Å². The van der Waals surface area contributed by atoms with Gasteiger partial charge in [0, 0.05) is 18.9 Å². The summed E-state index contributed by atoms with van der Waals surface area (Å²) in [5.41, 5.74) is 6.35. The first-order valence-corrected chi connectivity index (χ1v) is 9.67. The SMILES string of the molecule is CC(C(=O)ON1C(=O)CCC1=O)[C@H](CCCCN)NC(=O)OCc1ccccc1. The number of hydroxylamine groups is 2. The maximum absolute atomic E-state index is 12.4. The van der Waals surface area contributed by atoms with Crippen molar-refractivity contribution in [3.63, 3.8) is 0 Å². The van der Waals surface area contributed by atoms with Crippen molar-refractivity contribution < 1.29 is 28.8 Å². The van der Waals surface area contributed by atoms with Gasteiger partial charge in [-0.15, -0.1) is 5.06 Å². The molecule has 0 bridgehead atoms. The number of carbonyl (C=O) groups excluding carboxylic acids is 4. The maximum atomic E-state index is 12.4. The molecule has 0 aromatic heterocycles. The van der Waals surface area contributed by atoms with E-state index in [0.717, 1.165) is 12.0 Å². The lowest BCUT2D eigenvalue weighted by molar-refractivity contribution is -0.200. The van der Waals surface area contributed by atoms with Crippen LogP contribution >= 0.6 is 0 Å². The van der Waals surface area contributed by atoms with Crippen LogP contribution in [0.4, 0.5) is 4.79 Å². The Hall–Kier alpha value is -2.94. The van der Waals surface area contributed by atoms with Crippen molar-refractivity contribution in [3.8, 4) is 0 Å². The number of benzene rings is 1. The van der Waals surface area contributed by atoms with E-state index in [0.29, 0.717) is 24.4 Å². The summed E-state index contributed by atoms with van der Waals surface area (Å²) in [4.78, 5) is 52.9. The van der Waals surface area contributed by atoms with Crippen molar-refractivity contribution in [2.45, 2.75) is 51.7 Å². The highest BCUT2D eigenvalue weighted by atomic mass is 16.7. The van der Waals surface area contributed by atoms with E-state index in [9.17, 15) is 19.2 Å². The molecule has 1 aliphatic heterocycles. The predicted octanol–water partition coefficient (Wildman–Crippen LogP) is 1.65. The fourth-order valence-corrected chi connectivity index (χ4v) is 2.87. The van der Waals surface area contributed by atoms with E-state index < -0.39 is 35.8 Å². The lowest BCUT2D eigenvalue weighted by Gasteiger charge is -2.24. The fourth-order valence-electron chi connectivity index (χ4n) is 2.87. The average molecular weight is 405 g/mol. The van der Waals surface area contributed by atoms with Crippen molar-refractivity contribution in [1.82, 2.24) is 10.4 Å². The number of carbonyl (C=O) groups is 4. The lowest BCUT2D eigenvalue weighted by Crippen LogP contribution is -2.45. The van der Waals surface area contributed by atoms with Crippen LogP contribution in [0.15, 0.2) is 30.3 Å². The standard InChI is InChI=1S/C20H27N3O6/c1-14(19(26)29-23-17(24)10-11-18(23)25)16(9-5-6-12-21)22-20(27)28-13-15-7-3-2-4-8-15/h2-4,7-8,14,16H,5-6,9-13,21H2,1H3,(H,22,27)/t14?,16-/m0/s1. The molecule has 158 valence electrons.